The number of rotatable bonds is 2. The molecule has 23 heavy (non-hydrogen) atoms. The van der Waals surface area contributed by atoms with E-state index in [0.29, 0.717) is 34.3 Å². The standard InChI is InChI=1S/C17H12Cl2O4/c1-2-10-15(21)11-7-9(20)3-4-14(11)23-17(10)8-5-12(18)16(22)13(19)6-8/h3-7,20,22H,2H2,1H3. The first-order valence-electron chi connectivity index (χ1n) is 6.89. The van der Waals surface area contributed by atoms with Crippen molar-refractivity contribution >= 4 is 34.2 Å². The van der Waals surface area contributed by atoms with Crippen molar-refractivity contribution < 1.29 is 14.6 Å². The van der Waals surface area contributed by atoms with Crippen molar-refractivity contribution in [1.29, 1.82) is 0 Å². The fraction of sp³-hybridized carbons (Fsp3) is 0.118. The Kier molecular flexibility index (Phi) is 3.96. The summed E-state index contributed by atoms with van der Waals surface area (Å²) in [5.41, 5.74) is 1.07. The number of hydrogen-bond acceptors (Lipinski definition) is 4. The number of fused-ring (bicyclic) bond motifs is 1. The molecule has 0 spiro atoms. The molecule has 0 saturated carbocycles. The van der Waals surface area contributed by atoms with Gasteiger partial charge in [0.2, 0.25) is 0 Å². The molecule has 0 radical (unpaired) electrons. The number of hydrogen-bond donors (Lipinski definition) is 2. The van der Waals surface area contributed by atoms with Gasteiger partial charge in [0, 0.05) is 11.1 Å². The number of aromatic hydroxyl groups is 2. The Labute approximate surface area is 141 Å². The maximum Gasteiger partial charge on any atom is 0.196 e. The van der Waals surface area contributed by atoms with Crippen molar-refractivity contribution in [2.75, 3.05) is 0 Å². The van der Waals surface area contributed by atoms with Crippen LogP contribution in [0.4, 0.5) is 0 Å². The molecule has 0 aliphatic heterocycles. The summed E-state index contributed by atoms with van der Waals surface area (Å²) in [6.45, 7) is 1.83. The molecule has 2 aromatic carbocycles. The van der Waals surface area contributed by atoms with Crippen molar-refractivity contribution in [3.05, 3.63) is 56.2 Å². The summed E-state index contributed by atoms with van der Waals surface area (Å²) in [7, 11) is 0. The molecule has 4 nitrogen and oxygen atoms in total. The molecule has 0 aliphatic carbocycles. The molecular weight excluding hydrogens is 339 g/mol. The Bertz CT molecular complexity index is 953. The first kappa shape index (κ1) is 15.7. The average molecular weight is 351 g/mol. The Balaban J connectivity index is 2.38. The second-order valence-corrected chi connectivity index (χ2v) is 5.88. The van der Waals surface area contributed by atoms with Crippen LogP contribution in [-0.4, -0.2) is 10.2 Å². The Morgan fingerprint density at radius 3 is 2.35 bits per heavy atom. The highest BCUT2D eigenvalue weighted by atomic mass is 35.5. The van der Waals surface area contributed by atoms with Gasteiger partial charge in [-0.1, -0.05) is 30.1 Å². The van der Waals surface area contributed by atoms with Gasteiger partial charge in [-0.25, -0.2) is 0 Å². The van der Waals surface area contributed by atoms with Crippen molar-refractivity contribution in [2.45, 2.75) is 13.3 Å². The van der Waals surface area contributed by atoms with Gasteiger partial charge < -0.3 is 14.6 Å². The maximum atomic E-state index is 12.7. The smallest absolute Gasteiger partial charge is 0.196 e. The van der Waals surface area contributed by atoms with Gasteiger partial charge in [-0.3, -0.25) is 4.79 Å². The fourth-order valence-corrected chi connectivity index (χ4v) is 2.96. The SMILES string of the molecule is CCc1c(-c2cc(Cl)c(O)c(Cl)c2)oc2ccc(O)cc2c1=O. The van der Waals surface area contributed by atoms with Gasteiger partial charge in [-0.2, -0.15) is 0 Å². The third-order valence-corrected chi connectivity index (χ3v) is 4.18. The molecule has 0 fully saturated rings. The van der Waals surface area contributed by atoms with E-state index in [-0.39, 0.29) is 27.0 Å². The van der Waals surface area contributed by atoms with E-state index >= 15 is 0 Å². The van der Waals surface area contributed by atoms with E-state index in [1.165, 1.54) is 30.3 Å². The van der Waals surface area contributed by atoms with Crippen molar-refractivity contribution in [1.82, 2.24) is 0 Å². The fourth-order valence-electron chi connectivity index (χ4n) is 2.47. The molecule has 3 aromatic rings. The molecule has 3 rings (SSSR count). The van der Waals surface area contributed by atoms with E-state index < -0.39 is 0 Å². The monoisotopic (exact) mass is 350 g/mol. The quantitative estimate of drug-likeness (QED) is 0.700. The molecule has 0 aliphatic rings. The minimum atomic E-state index is -0.222. The summed E-state index contributed by atoms with van der Waals surface area (Å²) in [5.74, 6) is 0.123. The second-order valence-electron chi connectivity index (χ2n) is 5.06. The van der Waals surface area contributed by atoms with Crippen LogP contribution in [-0.2, 0) is 6.42 Å². The zero-order valence-corrected chi connectivity index (χ0v) is 13.6. The van der Waals surface area contributed by atoms with Crippen LogP contribution in [0.5, 0.6) is 11.5 Å². The van der Waals surface area contributed by atoms with E-state index in [1.807, 2.05) is 6.92 Å². The number of phenols is 2. The van der Waals surface area contributed by atoms with Gasteiger partial charge in [0.05, 0.1) is 15.4 Å². The zero-order chi connectivity index (χ0) is 16.7. The zero-order valence-electron chi connectivity index (χ0n) is 12.1. The molecular formula is C17H12Cl2O4. The minimum absolute atomic E-state index is 0.00433. The summed E-state index contributed by atoms with van der Waals surface area (Å²) in [5, 5.41) is 19.7. The summed E-state index contributed by atoms with van der Waals surface area (Å²) >= 11 is 11.9. The van der Waals surface area contributed by atoms with E-state index in [9.17, 15) is 15.0 Å². The first-order valence-corrected chi connectivity index (χ1v) is 7.65. The van der Waals surface area contributed by atoms with Gasteiger partial charge in [0.1, 0.15) is 17.1 Å². The van der Waals surface area contributed by atoms with E-state index in [0.717, 1.165) is 0 Å². The van der Waals surface area contributed by atoms with Gasteiger partial charge in [0.25, 0.3) is 0 Å². The molecule has 1 aromatic heterocycles. The lowest BCUT2D eigenvalue weighted by molar-refractivity contribution is 0.475. The van der Waals surface area contributed by atoms with Crippen LogP contribution >= 0.6 is 23.2 Å². The van der Waals surface area contributed by atoms with Crippen LogP contribution < -0.4 is 5.43 Å². The van der Waals surface area contributed by atoms with Crippen LogP contribution in [0.25, 0.3) is 22.3 Å². The lowest BCUT2D eigenvalue weighted by atomic mass is 10.0. The molecule has 0 saturated heterocycles. The van der Waals surface area contributed by atoms with Crippen LogP contribution in [0, 0.1) is 0 Å². The molecule has 6 heteroatoms. The van der Waals surface area contributed by atoms with Crippen LogP contribution in [0.15, 0.2) is 39.5 Å². The van der Waals surface area contributed by atoms with E-state index in [2.05, 4.69) is 0 Å². The molecule has 0 unspecified atom stereocenters. The summed E-state index contributed by atoms with van der Waals surface area (Å²) < 4.78 is 5.85. The molecule has 0 atom stereocenters. The Hall–Kier alpha value is -2.17. The van der Waals surface area contributed by atoms with Crippen molar-refractivity contribution in [3.8, 4) is 22.8 Å². The van der Waals surface area contributed by atoms with Gasteiger partial charge >= 0.3 is 0 Å². The minimum Gasteiger partial charge on any atom is -0.508 e. The third-order valence-electron chi connectivity index (χ3n) is 3.60. The topological polar surface area (TPSA) is 70.7 Å². The predicted octanol–water partition coefficient (Wildman–Crippen LogP) is 4.74. The molecule has 118 valence electrons. The lowest BCUT2D eigenvalue weighted by Crippen LogP contribution is -2.10. The third kappa shape index (κ3) is 2.64. The number of phenolic OH excluding ortho intramolecular Hbond substituents is 2. The van der Waals surface area contributed by atoms with Crippen molar-refractivity contribution in [3.63, 3.8) is 0 Å². The normalized spacial score (nSPS) is 11.1. The predicted molar refractivity (Wildman–Crippen MR) is 90.6 cm³/mol. The summed E-state index contributed by atoms with van der Waals surface area (Å²) in [4.78, 5) is 12.7. The molecule has 2 N–H and O–H groups in total. The molecule has 1 heterocycles. The summed E-state index contributed by atoms with van der Waals surface area (Å²) in [6, 6.07) is 7.33. The first-order chi connectivity index (χ1) is 10.9. The van der Waals surface area contributed by atoms with Crippen LogP contribution in [0.2, 0.25) is 10.0 Å². The lowest BCUT2D eigenvalue weighted by Gasteiger charge is -2.10. The second kappa shape index (κ2) is 5.80. The average Bonchev–Trinajstić information content (AvgIpc) is 2.52. The largest absolute Gasteiger partial charge is 0.508 e. The molecule has 0 amide bonds. The Morgan fingerprint density at radius 2 is 1.74 bits per heavy atom. The van der Waals surface area contributed by atoms with Gasteiger partial charge in [-0.15, -0.1) is 0 Å². The highest BCUT2D eigenvalue weighted by Crippen LogP contribution is 2.38. The summed E-state index contributed by atoms with van der Waals surface area (Å²) in [6.07, 6.45) is 0.430. The highest BCUT2D eigenvalue weighted by Gasteiger charge is 2.17. The highest BCUT2D eigenvalue weighted by molar-refractivity contribution is 6.37. The maximum absolute atomic E-state index is 12.7. The van der Waals surface area contributed by atoms with Crippen LogP contribution in [0.3, 0.4) is 0 Å². The van der Waals surface area contributed by atoms with E-state index in [4.69, 9.17) is 27.6 Å². The molecule has 0 bridgehead atoms. The van der Waals surface area contributed by atoms with Crippen molar-refractivity contribution in [2.24, 2.45) is 0 Å². The van der Waals surface area contributed by atoms with Gasteiger partial charge in [-0.05, 0) is 36.8 Å². The Morgan fingerprint density at radius 1 is 1.09 bits per heavy atom. The number of benzene rings is 2. The van der Waals surface area contributed by atoms with Gasteiger partial charge in [0.15, 0.2) is 11.2 Å². The number of halogens is 2. The van der Waals surface area contributed by atoms with Crippen LogP contribution in [0.1, 0.15) is 12.5 Å². The van der Waals surface area contributed by atoms with E-state index in [1.54, 1.807) is 0 Å².